The Morgan fingerprint density at radius 1 is 1.14 bits per heavy atom. The highest BCUT2D eigenvalue weighted by molar-refractivity contribution is 5.79. The number of likely N-dealkylation sites (tertiary alicyclic amines) is 1. The van der Waals surface area contributed by atoms with E-state index in [1.54, 1.807) is 0 Å². The van der Waals surface area contributed by atoms with E-state index in [1.165, 1.54) is 17.5 Å². The minimum absolute atomic E-state index is 0.131. The average molecular weight is 302 g/mol. The predicted molar refractivity (Wildman–Crippen MR) is 86.1 cm³/mol. The Bertz CT molecular complexity index is 506. The van der Waals surface area contributed by atoms with Crippen LogP contribution in [-0.4, -0.2) is 35.1 Å². The molecule has 1 saturated carbocycles. The van der Waals surface area contributed by atoms with Crippen LogP contribution in [-0.2, 0) is 17.9 Å². The highest BCUT2D eigenvalue weighted by Gasteiger charge is 2.25. The Hall–Kier alpha value is -1.39. The van der Waals surface area contributed by atoms with E-state index in [0.717, 1.165) is 45.3 Å². The summed E-state index contributed by atoms with van der Waals surface area (Å²) in [7, 11) is 0. The molecule has 1 aromatic rings. The molecule has 22 heavy (non-hydrogen) atoms. The van der Waals surface area contributed by atoms with E-state index in [4.69, 9.17) is 0 Å². The summed E-state index contributed by atoms with van der Waals surface area (Å²) in [5.41, 5.74) is 2.49. The molecule has 1 heterocycles. The normalized spacial score (nSPS) is 20.6. The third-order valence-electron chi connectivity index (χ3n) is 5.00. The zero-order valence-electron chi connectivity index (χ0n) is 13.1. The summed E-state index contributed by atoms with van der Waals surface area (Å²) in [5, 5.41) is 12.7. The van der Waals surface area contributed by atoms with Gasteiger partial charge in [-0.2, -0.15) is 0 Å². The molecule has 2 aliphatic rings. The molecule has 2 fully saturated rings. The second-order valence-electron chi connectivity index (χ2n) is 6.62. The molecule has 0 unspecified atom stereocenters. The SMILES string of the molecule is O=C(NCc1ccccc1CN1CCC(O)CC1)C1CCC1. The number of aliphatic hydroxyl groups excluding tert-OH is 1. The van der Waals surface area contributed by atoms with Gasteiger partial charge in [0, 0.05) is 32.1 Å². The van der Waals surface area contributed by atoms with Gasteiger partial charge in [0.05, 0.1) is 6.10 Å². The highest BCUT2D eigenvalue weighted by atomic mass is 16.3. The molecule has 4 heteroatoms. The minimum atomic E-state index is -0.131. The number of hydrogen-bond donors (Lipinski definition) is 2. The zero-order valence-corrected chi connectivity index (χ0v) is 13.1. The number of carbonyl (C=O) groups is 1. The molecule has 1 aliphatic carbocycles. The second-order valence-corrected chi connectivity index (χ2v) is 6.62. The molecule has 1 aliphatic heterocycles. The van der Waals surface area contributed by atoms with Crippen LogP contribution >= 0.6 is 0 Å². The number of hydrogen-bond acceptors (Lipinski definition) is 3. The van der Waals surface area contributed by atoms with Crippen LogP contribution in [0.5, 0.6) is 0 Å². The fraction of sp³-hybridized carbons (Fsp3) is 0.611. The number of piperidine rings is 1. The van der Waals surface area contributed by atoms with E-state index < -0.39 is 0 Å². The van der Waals surface area contributed by atoms with E-state index in [0.29, 0.717) is 6.54 Å². The summed E-state index contributed by atoms with van der Waals surface area (Å²) < 4.78 is 0. The Morgan fingerprint density at radius 3 is 2.45 bits per heavy atom. The number of aliphatic hydroxyl groups is 1. The lowest BCUT2D eigenvalue weighted by Crippen LogP contribution is -2.36. The van der Waals surface area contributed by atoms with Gasteiger partial charge in [-0.15, -0.1) is 0 Å². The van der Waals surface area contributed by atoms with E-state index in [2.05, 4.69) is 28.4 Å². The lowest BCUT2D eigenvalue weighted by Gasteiger charge is -2.30. The molecule has 1 saturated heterocycles. The van der Waals surface area contributed by atoms with Gasteiger partial charge in [0.2, 0.25) is 5.91 Å². The van der Waals surface area contributed by atoms with Crippen molar-refractivity contribution in [3.05, 3.63) is 35.4 Å². The zero-order chi connectivity index (χ0) is 15.4. The fourth-order valence-electron chi connectivity index (χ4n) is 3.20. The maximum Gasteiger partial charge on any atom is 0.223 e. The van der Waals surface area contributed by atoms with Crippen molar-refractivity contribution in [2.45, 2.75) is 51.3 Å². The van der Waals surface area contributed by atoms with E-state index >= 15 is 0 Å². The van der Waals surface area contributed by atoms with Crippen LogP contribution in [0.15, 0.2) is 24.3 Å². The second kappa shape index (κ2) is 7.25. The van der Waals surface area contributed by atoms with E-state index in [-0.39, 0.29) is 17.9 Å². The third kappa shape index (κ3) is 3.87. The molecule has 4 nitrogen and oxygen atoms in total. The van der Waals surface area contributed by atoms with Gasteiger partial charge >= 0.3 is 0 Å². The summed E-state index contributed by atoms with van der Waals surface area (Å²) in [6, 6.07) is 8.35. The Kier molecular flexibility index (Phi) is 5.11. The van der Waals surface area contributed by atoms with Gasteiger partial charge in [-0.05, 0) is 36.8 Å². The first-order valence-electron chi connectivity index (χ1n) is 8.47. The number of carbonyl (C=O) groups excluding carboxylic acids is 1. The van der Waals surface area contributed by atoms with Crippen molar-refractivity contribution in [3.63, 3.8) is 0 Å². The van der Waals surface area contributed by atoms with Crippen molar-refractivity contribution >= 4 is 5.91 Å². The van der Waals surface area contributed by atoms with Crippen LogP contribution in [0.25, 0.3) is 0 Å². The lowest BCUT2D eigenvalue weighted by atomic mass is 9.85. The van der Waals surface area contributed by atoms with Gasteiger partial charge in [0.1, 0.15) is 0 Å². The van der Waals surface area contributed by atoms with Crippen LogP contribution in [0.3, 0.4) is 0 Å². The lowest BCUT2D eigenvalue weighted by molar-refractivity contribution is -0.127. The Morgan fingerprint density at radius 2 is 1.82 bits per heavy atom. The topological polar surface area (TPSA) is 52.6 Å². The van der Waals surface area contributed by atoms with Crippen LogP contribution in [0.4, 0.5) is 0 Å². The highest BCUT2D eigenvalue weighted by Crippen LogP contribution is 2.26. The standard InChI is InChI=1S/C18H26N2O2/c21-17-8-10-20(11-9-17)13-16-5-2-1-4-15(16)12-19-18(22)14-6-3-7-14/h1-2,4-5,14,17,21H,3,6-13H2,(H,19,22). The van der Waals surface area contributed by atoms with E-state index in [9.17, 15) is 9.90 Å². The number of amides is 1. The van der Waals surface area contributed by atoms with Crippen LogP contribution in [0, 0.1) is 5.92 Å². The van der Waals surface area contributed by atoms with Crippen molar-refractivity contribution in [3.8, 4) is 0 Å². The van der Waals surface area contributed by atoms with Crippen molar-refractivity contribution < 1.29 is 9.90 Å². The average Bonchev–Trinajstić information content (AvgIpc) is 2.47. The van der Waals surface area contributed by atoms with Crippen LogP contribution in [0.2, 0.25) is 0 Å². The maximum absolute atomic E-state index is 12.0. The molecule has 1 amide bonds. The summed E-state index contributed by atoms with van der Waals surface area (Å²) >= 11 is 0. The molecule has 0 aromatic heterocycles. The largest absolute Gasteiger partial charge is 0.393 e. The predicted octanol–water partition coefficient (Wildman–Crippen LogP) is 2.06. The molecular weight excluding hydrogens is 276 g/mol. The molecule has 0 atom stereocenters. The summed E-state index contributed by atoms with van der Waals surface area (Å²) in [4.78, 5) is 14.4. The first kappa shape index (κ1) is 15.5. The van der Waals surface area contributed by atoms with Crippen LogP contribution < -0.4 is 5.32 Å². The van der Waals surface area contributed by atoms with Crippen molar-refractivity contribution in [1.29, 1.82) is 0 Å². The first-order chi connectivity index (χ1) is 10.7. The molecule has 1 aromatic carbocycles. The first-order valence-corrected chi connectivity index (χ1v) is 8.47. The molecule has 3 rings (SSSR count). The van der Waals surface area contributed by atoms with Gasteiger partial charge in [-0.25, -0.2) is 0 Å². The Labute approximate surface area is 132 Å². The number of nitrogens with one attached hydrogen (secondary N) is 1. The summed E-state index contributed by atoms with van der Waals surface area (Å²) in [6.45, 7) is 3.43. The van der Waals surface area contributed by atoms with Gasteiger partial charge in [0.15, 0.2) is 0 Å². The van der Waals surface area contributed by atoms with Gasteiger partial charge in [0.25, 0.3) is 0 Å². The van der Waals surface area contributed by atoms with Crippen molar-refractivity contribution in [2.24, 2.45) is 5.92 Å². The quantitative estimate of drug-likeness (QED) is 0.875. The number of nitrogens with zero attached hydrogens (tertiary/aromatic N) is 1. The molecule has 0 radical (unpaired) electrons. The molecule has 0 bridgehead atoms. The molecule has 2 N–H and O–H groups in total. The fourth-order valence-corrected chi connectivity index (χ4v) is 3.20. The van der Waals surface area contributed by atoms with Crippen molar-refractivity contribution in [2.75, 3.05) is 13.1 Å². The van der Waals surface area contributed by atoms with Crippen molar-refractivity contribution in [1.82, 2.24) is 10.2 Å². The number of rotatable bonds is 5. The smallest absolute Gasteiger partial charge is 0.223 e. The number of benzene rings is 1. The summed E-state index contributed by atoms with van der Waals surface area (Å²) in [5.74, 6) is 0.456. The Balaban J connectivity index is 1.56. The summed E-state index contributed by atoms with van der Waals surface area (Å²) in [6.07, 6.45) is 4.87. The monoisotopic (exact) mass is 302 g/mol. The maximum atomic E-state index is 12.0. The third-order valence-corrected chi connectivity index (χ3v) is 5.00. The van der Waals surface area contributed by atoms with Gasteiger partial charge < -0.3 is 10.4 Å². The molecule has 0 spiro atoms. The van der Waals surface area contributed by atoms with Crippen LogP contribution in [0.1, 0.15) is 43.2 Å². The molecular formula is C18H26N2O2. The molecule has 120 valence electrons. The van der Waals surface area contributed by atoms with Gasteiger partial charge in [-0.3, -0.25) is 9.69 Å². The minimum Gasteiger partial charge on any atom is -0.393 e. The van der Waals surface area contributed by atoms with Gasteiger partial charge in [-0.1, -0.05) is 30.7 Å². The van der Waals surface area contributed by atoms with E-state index in [1.807, 2.05) is 6.07 Å².